The fourth-order valence-corrected chi connectivity index (χ4v) is 2.47. The molecular weight excluding hydrogens is 192 g/mol. The van der Waals surface area contributed by atoms with Gasteiger partial charge in [0, 0.05) is 13.7 Å². The highest BCUT2D eigenvalue weighted by molar-refractivity contribution is 5.16. The van der Waals surface area contributed by atoms with Crippen molar-refractivity contribution in [3.63, 3.8) is 0 Å². The highest BCUT2D eigenvalue weighted by Crippen LogP contribution is 2.41. The van der Waals surface area contributed by atoms with Gasteiger partial charge in [0.05, 0.1) is 11.7 Å². The molecule has 0 amide bonds. The van der Waals surface area contributed by atoms with Gasteiger partial charge in [-0.3, -0.25) is 0 Å². The van der Waals surface area contributed by atoms with Crippen LogP contribution >= 0.6 is 0 Å². The van der Waals surface area contributed by atoms with E-state index < -0.39 is 0 Å². The SMILES string of the molecule is CCC1(c2ccco2)CCCOC1OC. The Bertz CT molecular complexity index is 294. The maximum atomic E-state index is 5.68. The summed E-state index contributed by atoms with van der Waals surface area (Å²) in [5.74, 6) is 0.983. The molecule has 2 rings (SSSR count). The van der Waals surface area contributed by atoms with Gasteiger partial charge in [-0.15, -0.1) is 0 Å². The maximum Gasteiger partial charge on any atom is 0.169 e. The van der Waals surface area contributed by atoms with E-state index in [1.54, 1.807) is 13.4 Å². The molecule has 84 valence electrons. The van der Waals surface area contributed by atoms with Crippen molar-refractivity contribution in [2.45, 2.75) is 37.9 Å². The van der Waals surface area contributed by atoms with E-state index >= 15 is 0 Å². The summed E-state index contributed by atoms with van der Waals surface area (Å²) in [5, 5.41) is 0. The van der Waals surface area contributed by atoms with E-state index in [1.807, 2.05) is 12.1 Å². The second-order valence-corrected chi connectivity index (χ2v) is 4.03. The zero-order valence-electron chi connectivity index (χ0n) is 9.36. The van der Waals surface area contributed by atoms with Gasteiger partial charge in [0.2, 0.25) is 0 Å². The Hall–Kier alpha value is -0.800. The molecule has 2 atom stereocenters. The fourth-order valence-electron chi connectivity index (χ4n) is 2.47. The summed E-state index contributed by atoms with van der Waals surface area (Å²) in [6.07, 6.45) is 4.64. The van der Waals surface area contributed by atoms with E-state index in [-0.39, 0.29) is 11.7 Å². The fraction of sp³-hybridized carbons (Fsp3) is 0.667. The first kappa shape index (κ1) is 10.7. The van der Waals surface area contributed by atoms with Crippen molar-refractivity contribution in [1.29, 1.82) is 0 Å². The zero-order chi connectivity index (χ0) is 10.7. The largest absolute Gasteiger partial charge is 0.469 e. The number of hydrogen-bond acceptors (Lipinski definition) is 3. The quantitative estimate of drug-likeness (QED) is 0.768. The monoisotopic (exact) mass is 210 g/mol. The number of rotatable bonds is 3. The van der Waals surface area contributed by atoms with Crippen molar-refractivity contribution in [2.75, 3.05) is 13.7 Å². The minimum absolute atomic E-state index is 0.101. The van der Waals surface area contributed by atoms with Crippen LogP contribution in [0.5, 0.6) is 0 Å². The van der Waals surface area contributed by atoms with Crippen molar-refractivity contribution in [3.05, 3.63) is 24.2 Å². The highest BCUT2D eigenvalue weighted by atomic mass is 16.7. The van der Waals surface area contributed by atoms with Crippen molar-refractivity contribution in [1.82, 2.24) is 0 Å². The topological polar surface area (TPSA) is 31.6 Å². The molecule has 0 N–H and O–H groups in total. The van der Waals surface area contributed by atoms with E-state index in [0.717, 1.165) is 31.6 Å². The summed E-state index contributed by atoms with van der Waals surface area (Å²) in [7, 11) is 1.70. The van der Waals surface area contributed by atoms with Gasteiger partial charge < -0.3 is 13.9 Å². The lowest BCUT2D eigenvalue weighted by atomic mass is 9.76. The molecule has 0 aromatic carbocycles. The van der Waals surface area contributed by atoms with Gasteiger partial charge in [-0.1, -0.05) is 6.92 Å². The molecule has 1 aliphatic heterocycles. The molecule has 0 bridgehead atoms. The zero-order valence-corrected chi connectivity index (χ0v) is 9.36. The van der Waals surface area contributed by atoms with Crippen molar-refractivity contribution >= 4 is 0 Å². The van der Waals surface area contributed by atoms with Gasteiger partial charge in [-0.2, -0.15) is 0 Å². The summed E-state index contributed by atoms with van der Waals surface area (Å²) >= 11 is 0. The first-order valence-corrected chi connectivity index (χ1v) is 5.52. The van der Waals surface area contributed by atoms with Crippen LogP contribution in [-0.2, 0) is 14.9 Å². The average molecular weight is 210 g/mol. The Morgan fingerprint density at radius 1 is 1.60 bits per heavy atom. The summed E-state index contributed by atoms with van der Waals surface area (Å²) in [4.78, 5) is 0. The van der Waals surface area contributed by atoms with Crippen molar-refractivity contribution < 1.29 is 13.9 Å². The normalized spacial score (nSPS) is 31.7. The molecule has 1 aromatic rings. The Kier molecular flexibility index (Phi) is 3.12. The van der Waals surface area contributed by atoms with Crippen LogP contribution < -0.4 is 0 Å². The second-order valence-electron chi connectivity index (χ2n) is 4.03. The van der Waals surface area contributed by atoms with Gasteiger partial charge in [-0.05, 0) is 31.4 Å². The smallest absolute Gasteiger partial charge is 0.169 e. The second kappa shape index (κ2) is 4.37. The highest BCUT2D eigenvalue weighted by Gasteiger charge is 2.44. The van der Waals surface area contributed by atoms with Gasteiger partial charge >= 0.3 is 0 Å². The standard InChI is InChI=1S/C12H18O3/c1-3-12(10-6-4-8-14-10)7-5-9-15-11(12)13-2/h4,6,8,11H,3,5,7,9H2,1-2H3. The predicted molar refractivity (Wildman–Crippen MR) is 56.7 cm³/mol. The molecule has 1 fully saturated rings. The van der Waals surface area contributed by atoms with Gasteiger partial charge in [0.1, 0.15) is 5.76 Å². The van der Waals surface area contributed by atoms with Crippen LogP contribution in [0.3, 0.4) is 0 Å². The van der Waals surface area contributed by atoms with E-state index in [0.29, 0.717) is 0 Å². The summed E-state index contributed by atoms with van der Waals surface area (Å²) in [5.41, 5.74) is -0.101. The number of ether oxygens (including phenoxy) is 2. The molecule has 1 aliphatic rings. The van der Waals surface area contributed by atoms with Crippen LogP contribution in [0.1, 0.15) is 31.9 Å². The number of furan rings is 1. The van der Waals surface area contributed by atoms with Crippen molar-refractivity contribution in [3.8, 4) is 0 Å². The lowest BCUT2D eigenvalue weighted by Gasteiger charge is -2.40. The Morgan fingerprint density at radius 2 is 2.47 bits per heavy atom. The molecular formula is C12H18O3. The molecule has 15 heavy (non-hydrogen) atoms. The number of hydrogen-bond donors (Lipinski definition) is 0. The minimum atomic E-state index is -0.178. The lowest BCUT2D eigenvalue weighted by molar-refractivity contribution is -0.196. The van der Waals surface area contributed by atoms with Crippen LogP contribution in [0.2, 0.25) is 0 Å². The molecule has 0 spiro atoms. The van der Waals surface area contributed by atoms with E-state index in [2.05, 4.69) is 6.92 Å². The maximum absolute atomic E-state index is 5.68. The third-order valence-electron chi connectivity index (χ3n) is 3.34. The molecule has 2 heterocycles. The third kappa shape index (κ3) is 1.70. The number of methoxy groups -OCH3 is 1. The first-order valence-electron chi connectivity index (χ1n) is 5.52. The van der Waals surface area contributed by atoms with Crippen LogP contribution in [-0.4, -0.2) is 20.0 Å². The molecule has 3 nitrogen and oxygen atoms in total. The molecule has 0 saturated carbocycles. The van der Waals surface area contributed by atoms with Crippen LogP contribution in [0.15, 0.2) is 22.8 Å². The molecule has 2 unspecified atom stereocenters. The van der Waals surface area contributed by atoms with Gasteiger partial charge in [0.15, 0.2) is 6.29 Å². The van der Waals surface area contributed by atoms with Gasteiger partial charge in [-0.25, -0.2) is 0 Å². The molecule has 3 heteroatoms. The Labute approximate surface area is 90.4 Å². The van der Waals surface area contributed by atoms with E-state index in [1.165, 1.54) is 0 Å². The minimum Gasteiger partial charge on any atom is -0.469 e. The molecule has 1 aromatic heterocycles. The summed E-state index contributed by atoms with van der Waals surface area (Å²) < 4.78 is 16.7. The van der Waals surface area contributed by atoms with Crippen LogP contribution in [0.25, 0.3) is 0 Å². The first-order chi connectivity index (χ1) is 7.33. The lowest BCUT2D eigenvalue weighted by Crippen LogP contribution is -2.45. The van der Waals surface area contributed by atoms with Crippen LogP contribution in [0.4, 0.5) is 0 Å². The Morgan fingerprint density at radius 3 is 3.07 bits per heavy atom. The van der Waals surface area contributed by atoms with E-state index in [4.69, 9.17) is 13.9 Å². The Balaban J connectivity index is 2.32. The summed E-state index contributed by atoms with van der Waals surface area (Å²) in [6, 6.07) is 3.94. The molecule has 0 aliphatic carbocycles. The third-order valence-corrected chi connectivity index (χ3v) is 3.34. The summed E-state index contributed by atoms with van der Waals surface area (Å²) in [6.45, 7) is 2.93. The van der Waals surface area contributed by atoms with Gasteiger partial charge in [0.25, 0.3) is 0 Å². The van der Waals surface area contributed by atoms with E-state index in [9.17, 15) is 0 Å². The molecule has 0 radical (unpaired) electrons. The average Bonchev–Trinajstić information content (AvgIpc) is 2.82. The van der Waals surface area contributed by atoms with Crippen molar-refractivity contribution in [2.24, 2.45) is 0 Å². The van der Waals surface area contributed by atoms with Crippen LogP contribution in [0, 0.1) is 0 Å². The molecule has 1 saturated heterocycles. The predicted octanol–water partition coefficient (Wildman–Crippen LogP) is 2.71.